The molecule has 1 saturated heterocycles. The van der Waals surface area contributed by atoms with E-state index in [1.807, 2.05) is 46.4 Å². The Morgan fingerprint density at radius 1 is 1.06 bits per heavy atom. The predicted octanol–water partition coefficient (Wildman–Crippen LogP) is 5.61. The lowest BCUT2D eigenvalue weighted by Crippen LogP contribution is -2.54. The fourth-order valence-corrected chi connectivity index (χ4v) is 6.69. The molecular formula is C24H48N2O4SSi. The van der Waals surface area contributed by atoms with E-state index in [0.29, 0.717) is 13.1 Å². The predicted molar refractivity (Wildman–Crippen MR) is 136 cm³/mol. The van der Waals surface area contributed by atoms with Gasteiger partial charge in [0, 0.05) is 30.6 Å². The van der Waals surface area contributed by atoms with Gasteiger partial charge in [0.25, 0.3) is 0 Å². The van der Waals surface area contributed by atoms with Crippen molar-refractivity contribution < 1.29 is 18.5 Å². The number of amides is 1. The molecule has 2 rings (SSSR count). The zero-order chi connectivity index (χ0) is 24.8. The molecule has 2 aliphatic rings. The van der Waals surface area contributed by atoms with Gasteiger partial charge in [-0.1, -0.05) is 20.8 Å². The fourth-order valence-electron chi connectivity index (χ4n) is 4.37. The second-order valence-electron chi connectivity index (χ2n) is 13.3. The molecule has 1 heterocycles. The van der Waals surface area contributed by atoms with E-state index in [4.69, 9.17) is 9.16 Å². The van der Waals surface area contributed by atoms with Gasteiger partial charge in [0.1, 0.15) is 10.3 Å². The van der Waals surface area contributed by atoms with Crippen molar-refractivity contribution in [1.29, 1.82) is 0 Å². The molecule has 3 atom stereocenters. The van der Waals surface area contributed by atoms with Gasteiger partial charge in [-0.25, -0.2) is 4.79 Å². The zero-order valence-electron chi connectivity index (χ0n) is 22.4. The van der Waals surface area contributed by atoms with Gasteiger partial charge >= 0.3 is 6.09 Å². The van der Waals surface area contributed by atoms with E-state index in [1.165, 1.54) is 0 Å². The van der Waals surface area contributed by atoms with Crippen LogP contribution in [0.5, 0.6) is 0 Å². The van der Waals surface area contributed by atoms with Crippen molar-refractivity contribution >= 4 is 25.8 Å². The van der Waals surface area contributed by atoms with Crippen molar-refractivity contribution in [2.45, 2.75) is 129 Å². The minimum atomic E-state index is -1.90. The molecule has 0 radical (unpaired) electrons. The largest absolute Gasteiger partial charge is 0.598 e. The monoisotopic (exact) mass is 488 g/mol. The van der Waals surface area contributed by atoms with Gasteiger partial charge in [-0.05, 0) is 90.8 Å². The van der Waals surface area contributed by atoms with Crippen LogP contribution in [-0.2, 0) is 20.5 Å². The number of rotatable bonds is 4. The summed E-state index contributed by atoms with van der Waals surface area (Å²) in [6, 6.07) is 0.123. The van der Waals surface area contributed by atoms with Crippen LogP contribution in [0.25, 0.3) is 0 Å². The van der Waals surface area contributed by atoms with E-state index in [-0.39, 0.29) is 33.4 Å². The summed E-state index contributed by atoms with van der Waals surface area (Å²) in [5.74, 6) is 0. The smallest absolute Gasteiger partial charge is 0.410 e. The lowest BCUT2D eigenvalue weighted by atomic mass is 9.74. The Hall–Kier alpha value is -0.283. The molecule has 2 unspecified atom stereocenters. The third-order valence-corrected chi connectivity index (χ3v) is 13.5. The first-order chi connectivity index (χ1) is 14.3. The van der Waals surface area contributed by atoms with Gasteiger partial charge in [0.05, 0.1) is 6.04 Å². The van der Waals surface area contributed by atoms with Crippen LogP contribution in [0.3, 0.4) is 0 Å². The maximum Gasteiger partial charge on any atom is 0.410 e. The normalized spacial score (nSPS) is 25.8. The highest BCUT2D eigenvalue weighted by Crippen LogP contribution is 2.50. The fraction of sp³-hybridized carbons (Fsp3) is 0.958. The minimum absolute atomic E-state index is 0.00749. The topological polar surface area (TPSA) is 73.9 Å². The number of nitrogens with zero attached hydrogens (tertiary/aromatic N) is 1. The van der Waals surface area contributed by atoms with Crippen LogP contribution in [-0.4, -0.2) is 59.4 Å². The number of hydrogen-bond donors (Lipinski definition) is 1. The maximum absolute atomic E-state index is 13.0. The Morgan fingerprint density at radius 3 is 2.03 bits per heavy atom. The van der Waals surface area contributed by atoms with Gasteiger partial charge in [0.2, 0.25) is 0 Å². The molecule has 0 aromatic carbocycles. The number of nitrogens with one attached hydrogen (secondary N) is 1. The Balaban J connectivity index is 2.17. The van der Waals surface area contributed by atoms with Crippen LogP contribution in [0.4, 0.5) is 4.79 Å². The first-order valence-electron chi connectivity index (χ1n) is 12.1. The molecule has 2 fully saturated rings. The SMILES string of the molecule is CC(C)(C)OC(=O)N1CCC2(CC1)CC(O[Si](C)(C)C(C)(C)C)C[C@H]2N[S+]([O-])C(C)(C)C. The lowest BCUT2D eigenvalue weighted by molar-refractivity contribution is 0.00700. The number of piperidine rings is 1. The Morgan fingerprint density at radius 2 is 1.59 bits per heavy atom. The van der Waals surface area contributed by atoms with Gasteiger partial charge in [0.15, 0.2) is 8.32 Å². The second kappa shape index (κ2) is 9.40. The van der Waals surface area contributed by atoms with E-state index < -0.39 is 25.3 Å². The first kappa shape index (κ1) is 28.0. The molecule has 1 saturated carbocycles. The van der Waals surface area contributed by atoms with Crippen LogP contribution < -0.4 is 4.72 Å². The lowest BCUT2D eigenvalue weighted by Gasteiger charge is -2.44. The van der Waals surface area contributed by atoms with Crippen molar-refractivity contribution in [3.05, 3.63) is 0 Å². The molecule has 32 heavy (non-hydrogen) atoms. The second-order valence-corrected chi connectivity index (χ2v) is 20.1. The van der Waals surface area contributed by atoms with E-state index in [0.717, 1.165) is 25.7 Å². The number of likely N-dealkylation sites (tertiary alicyclic amines) is 1. The highest BCUT2D eigenvalue weighted by atomic mass is 32.2. The molecule has 0 aromatic rings. The Kier molecular flexibility index (Phi) is 8.21. The minimum Gasteiger partial charge on any atom is -0.598 e. The average molecular weight is 489 g/mol. The number of ether oxygens (including phenoxy) is 1. The molecule has 1 N–H and O–H groups in total. The summed E-state index contributed by atoms with van der Waals surface area (Å²) in [6.45, 7) is 24.5. The Labute approximate surface area is 201 Å². The summed E-state index contributed by atoms with van der Waals surface area (Å²) in [5, 5.41) is 0.153. The van der Waals surface area contributed by atoms with E-state index in [9.17, 15) is 9.35 Å². The van der Waals surface area contributed by atoms with Crippen LogP contribution in [0, 0.1) is 5.41 Å². The molecule has 1 spiro atoms. The standard InChI is InChI=1S/C24H48N2O4SSi/c1-21(2,3)29-20(27)26-14-12-24(13-15-26)17-18(30-32(10,11)23(7,8)9)16-19(24)25-31(28)22(4,5)6/h18-19,25H,12-17H2,1-11H3/t18?,19-,31?/m1/s1. The molecule has 1 amide bonds. The van der Waals surface area contributed by atoms with Crippen LogP contribution in [0.15, 0.2) is 0 Å². The Bertz CT molecular complexity index is 658. The highest BCUT2D eigenvalue weighted by molar-refractivity contribution is 7.90. The van der Waals surface area contributed by atoms with E-state index >= 15 is 0 Å². The van der Waals surface area contributed by atoms with Crippen LogP contribution in [0.2, 0.25) is 18.1 Å². The molecule has 0 bridgehead atoms. The van der Waals surface area contributed by atoms with Gasteiger partial charge in [-0.3, -0.25) is 0 Å². The average Bonchev–Trinajstić information content (AvgIpc) is 2.87. The number of hydrogen-bond acceptors (Lipinski definition) is 5. The quantitative estimate of drug-likeness (QED) is 0.411. The van der Waals surface area contributed by atoms with Gasteiger partial charge in [-0.15, -0.1) is 4.72 Å². The van der Waals surface area contributed by atoms with Crippen molar-refractivity contribution in [1.82, 2.24) is 9.62 Å². The highest BCUT2D eigenvalue weighted by Gasteiger charge is 2.53. The van der Waals surface area contributed by atoms with Gasteiger partial charge < -0.3 is 18.6 Å². The van der Waals surface area contributed by atoms with Crippen molar-refractivity contribution in [2.75, 3.05) is 13.1 Å². The molecule has 0 aromatic heterocycles. The van der Waals surface area contributed by atoms with Crippen molar-refractivity contribution in [3.63, 3.8) is 0 Å². The molecular weight excluding hydrogens is 440 g/mol. The van der Waals surface area contributed by atoms with Gasteiger partial charge in [-0.2, -0.15) is 0 Å². The number of carbonyl (C=O) groups excluding carboxylic acids is 1. The van der Waals surface area contributed by atoms with Crippen molar-refractivity contribution in [2.24, 2.45) is 5.41 Å². The summed E-state index contributed by atoms with van der Waals surface area (Å²) in [7, 11) is -1.90. The number of carbonyl (C=O) groups is 1. The maximum atomic E-state index is 13.0. The summed E-state index contributed by atoms with van der Waals surface area (Å²) in [6.07, 6.45) is 3.52. The molecule has 6 nitrogen and oxygen atoms in total. The molecule has 188 valence electrons. The third kappa shape index (κ3) is 6.87. The summed E-state index contributed by atoms with van der Waals surface area (Å²) >= 11 is -1.14. The van der Waals surface area contributed by atoms with E-state index in [1.54, 1.807) is 0 Å². The summed E-state index contributed by atoms with van der Waals surface area (Å²) < 4.78 is 28.6. The molecule has 8 heteroatoms. The van der Waals surface area contributed by atoms with Crippen molar-refractivity contribution in [3.8, 4) is 0 Å². The zero-order valence-corrected chi connectivity index (χ0v) is 24.2. The summed E-state index contributed by atoms with van der Waals surface area (Å²) in [5.41, 5.74) is -0.498. The third-order valence-electron chi connectivity index (χ3n) is 7.36. The first-order valence-corrected chi connectivity index (χ1v) is 16.2. The molecule has 1 aliphatic carbocycles. The van der Waals surface area contributed by atoms with E-state index in [2.05, 4.69) is 38.6 Å². The van der Waals surface area contributed by atoms with Crippen LogP contribution >= 0.6 is 0 Å². The molecule has 1 aliphatic heterocycles. The van der Waals surface area contributed by atoms with Crippen LogP contribution in [0.1, 0.15) is 88.0 Å². The summed E-state index contributed by atoms with van der Waals surface area (Å²) in [4.78, 5) is 14.4.